The zero-order valence-electron chi connectivity index (χ0n) is 19.7. The van der Waals surface area contributed by atoms with Crippen molar-refractivity contribution in [3.63, 3.8) is 0 Å². The van der Waals surface area contributed by atoms with Gasteiger partial charge in [0, 0.05) is 36.2 Å². The molecule has 1 aliphatic carbocycles. The Morgan fingerprint density at radius 1 is 1.16 bits per heavy atom. The van der Waals surface area contributed by atoms with Crippen molar-refractivity contribution in [3.05, 3.63) is 46.1 Å². The minimum atomic E-state index is -4.43. The van der Waals surface area contributed by atoms with Gasteiger partial charge in [-0.15, -0.1) is 15.7 Å². The first-order chi connectivity index (χ1) is 17.8. The van der Waals surface area contributed by atoms with Gasteiger partial charge in [0.15, 0.2) is 29.2 Å². The average Bonchev–Trinajstić information content (AvgIpc) is 3.47. The third-order valence-corrected chi connectivity index (χ3v) is 10.0. The van der Waals surface area contributed by atoms with Crippen LogP contribution < -0.4 is 10.0 Å². The highest BCUT2D eigenvalue weighted by atomic mass is 32.2. The monoisotopic (exact) mass is 590 g/mol. The number of thiophene rings is 1. The maximum atomic E-state index is 14.4. The standard InChI is InChI=1S/C22H21F3N4O6S3/c1-37(32,33)26-7-11-9-36-21-19(11)38(34,35)28-20(27-21)15-18(30)12-3-2-4-14(12)29(22(15)31)8-10-5-6-13(23)17(25)16(10)24/h5-6,9,12,14-15,26H,2-4,7-8H2,1H3,(H,27,28). The molecule has 1 amide bonds. The summed E-state index contributed by atoms with van der Waals surface area (Å²) in [5.41, 5.74) is -0.149. The Kier molecular flexibility index (Phi) is 6.64. The summed E-state index contributed by atoms with van der Waals surface area (Å²) in [6.45, 7) is -0.756. The van der Waals surface area contributed by atoms with E-state index in [4.69, 9.17) is 0 Å². The van der Waals surface area contributed by atoms with Gasteiger partial charge in [0.05, 0.1) is 6.26 Å². The zero-order valence-corrected chi connectivity index (χ0v) is 22.2. The molecule has 2 fully saturated rings. The molecule has 3 aliphatic rings. The second kappa shape index (κ2) is 9.43. The molecule has 5 rings (SSSR count). The molecule has 10 nitrogen and oxygen atoms in total. The molecule has 3 heterocycles. The Balaban J connectivity index is 1.49. The van der Waals surface area contributed by atoms with E-state index in [2.05, 4.69) is 14.4 Å². The number of halogens is 3. The predicted molar refractivity (Wildman–Crippen MR) is 131 cm³/mol. The lowest BCUT2D eigenvalue weighted by Crippen LogP contribution is -2.58. The van der Waals surface area contributed by atoms with E-state index in [-0.39, 0.29) is 27.6 Å². The number of benzene rings is 1. The molecule has 0 radical (unpaired) electrons. The summed E-state index contributed by atoms with van der Waals surface area (Å²) in [6.07, 6.45) is 2.35. The number of amides is 1. The highest BCUT2D eigenvalue weighted by Gasteiger charge is 2.52. The Hall–Kier alpha value is -2.82. The van der Waals surface area contributed by atoms with Gasteiger partial charge in [0.25, 0.3) is 10.0 Å². The van der Waals surface area contributed by atoms with Crippen molar-refractivity contribution in [3.8, 4) is 0 Å². The number of hydrogen-bond donors (Lipinski definition) is 2. The number of likely N-dealkylation sites (tertiary alicyclic amines) is 1. The number of Topliss-reactive ketones (excluding diaryl/α,β-unsaturated/α-hetero) is 1. The van der Waals surface area contributed by atoms with Crippen LogP contribution in [0.3, 0.4) is 0 Å². The van der Waals surface area contributed by atoms with Gasteiger partial charge < -0.3 is 10.2 Å². The lowest BCUT2D eigenvalue weighted by molar-refractivity contribution is -0.149. The van der Waals surface area contributed by atoms with Crippen LogP contribution in [0.15, 0.2) is 26.8 Å². The van der Waals surface area contributed by atoms with E-state index in [1.54, 1.807) is 0 Å². The van der Waals surface area contributed by atoms with Crippen molar-refractivity contribution >= 4 is 53.9 Å². The van der Waals surface area contributed by atoms with Crippen LogP contribution in [0.2, 0.25) is 0 Å². The number of hydrogen-bond acceptors (Lipinski definition) is 8. The molecular weight excluding hydrogens is 569 g/mol. The van der Waals surface area contributed by atoms with Crippen LogP contribution in [0.4, 0.5) is 18.2 Å². The van der Waals surface area contributed by atoms with Crippen LogP contribution >= 0.6 is 11.3 Å². The molecular formula is C22H21F3N4O6S3. The van der Waals surface area contributed by atoms with E-state index in [0.717, 1.165) is 29.7 Å². The Labute approximate surface area is 220 Å². The maximum Gasteiger partial charge on any atom is 0.287 e. The van der Waals surface area contributed by atoms with Gasteiger partial charge in [-0.05, 0) is 24.3 Å². The molecule has 1 aromatic carbocycles. The first-order valence-corrected chi connectivity index (χ1v) is 15.6. The number of carbonyl (C=O) groups excluding carboxylic acids is 2. The topological polar surface area (TPSA) is 142 Å². The second-order valence-corrected chi connectivity index (χ2v) is 13.6. The van der Waals surface area contributed by atoms with Gasteiger partial charge in [-0.25, -0.2) is 26.3 Å². The number of piperidine rings is 1. The van der Waals surface area contributed by atoms with Gasteiger partial charge in [0.1, 0.15) is 15.7 Å². The normalized spacial score (nSPS) is 24.6. The van der Waals surface area contributed by atoms with Crippen molar-refractivity contribution in [1.82, 2.24) is 9.62 Å². The number of rotatable bonds is 6. The number of ketones is 1. The van der Waals surface area contributed by atoms with E-state index in [9.17, 15) is 39.6 Å². The minimum absolute atomic E-state index is 0.0626. The number of nitrogens with zero attached hydrogens (tertiary/aromatic N) is 2. The molecule has 2 aliphatic heterocycles. The Bertz CT molecular complexity index is 1610. The van der Waals surface area contributed by atoms with Crippen LogP contribution in [0.25, 0.3) is 0 Å². The van der Waals surface area contributed by atoms with Crippen LogP contribution in [0, 0.1) is 29.3 Å². The van der Waals surface area contributed by atoms with E-state index in [1.807, 2.05) is 0 Å². The predicted octanol–water partition coefficient (Wildman–Crippen LogP) is 2.12. The van der Waals surface area contributed by atoms with Crippen LogP contribution in [-0.2, 0) is 42.7 Å². The third-order valence-electron chi connectivity index (χ3n) is 6.85. The van der Waals surface area contributed by atoms with Gasteiger partial charge in [-0.3, -0.25) is 9.59 Å². The smallest absolute Gasteiger partial charge is 0.287 e. The fraction of sp³-hybridized carbons (Fsp3) is 0.409. The van der Waals surface area contributed by atoms with Gasteiger partial charge >= 0.3 is 0 Å². The molecule has 3 atom stereocenters. The van der Waals surface area contributed by atoms with Crippen LogP contribution in [0.5, 0.6) is 0 Å². The van der Waals surface area contributed by atoms with Crippen LogP contribution in [0.1, 0.15) is 30.4 Å². The lowest BCUT2D eigenvalue weighted by atomic mass is 9.81. The summed E-state index contributed by atoms with van der Waals surface area (Å²) in [5, 5.41) is 4.23. The minimum Gasteiger partial charge on any atom is -0.334 e. The van der Waals surface area contributed by atoms with Crippen LogP contribution in [-0.4, -0.2) is 51.6 Å². The van der Waals surface area contributed by atoms with Gasteiger partial charge in [0.2, 0.25) is 15.9 Å². The van der Waals surface area contributed by atoms with Crippen molar-refractivity contribution in [2.75, 3.05) is 11.6 Å². The fourth-order valence-electron chi connectivity index (χ4n) is 5.15. The maximum absolute atomic E-state index is 14.4. The molecule has 38 heavy (non-hydrogen) atoms. The van der Waals surface area contributed by atoms with Crippen molar-refractivity contribution in [1.29, 1.82) is 0 Å². The first kappa shape index (κ1) is 26.8. The van der Waals surface area contributed by atoms with Crippen molar-refractivity contribution in [2.24, 2.45) is 16.2 Å². The van der Waals surface area contributed by atoms with E-state index in [0.29, 0.717) is 19.3 Å². The number of carbonyl (C=O) groups is 2. The largest absolute Gasteiger partial charge is 0.334 e. The first-order valence-electron chi connectivity index (χ1n) is 11.4. The van der Waals surface area contributed by atoms with E-state index >= 15 is 0 Å². The molecule has 1 aromatic heterocycles. The lowest BCUT2D eigenvalue weighted by Gasteiger charge is -2.41. The van der Waals surface area contributed by atoms with Gasteiger partial charge in [-0.1, -0.05) is 12.5 Å². The molecule has 0 spiro atoms. The molecule has 2 N–H and O–H groups in total. The highest BCUT2D eigenvalue weighted by molar-refractivity contribution is 7.91. The summed E-state index contributed by atoms with van der Waals surface area (Å²) in [6, 6.07) is 1.15. The number of anilines is 1. The fourth-order valence-corrected chi connectivity index (χ4v) is 8.22. The quantitative estimate of drug-likeness (QED) is 0.388. The highest BCUT2D eigenvalue weighted by Crippen LogP contribution is 2.42. The van der Waals surface area contributed by atoms with E-state index < -0.39 is 79.4 Å². The van der Waals surface area contributed by atoms with Gasteiger partial charge in [-0.2, -0.15) is 8.42 Å². The van der Waals surface area contributed by atoms with E-state index in [1.165, 1.54) is 10.3 Å². The molecule has 16 heteroatoms. The molecule has 1 saturated carbocycles. The Morgan fingerprint density at radius 2 is 1.89 bits per heavy atom. The average molecular weight is 591 g/mol. The SMILES string of the molecule is CS(=O)(=O)NCc1csc2c1S(=O)(=O)N=C(C1C(=O)C3CCCC3N(Cc3ccc(F)c(F)c3F)C1=O)N2. The number of nitrogens with one attached hydrogen (secondary N) is 2. The molecule has 204 valence electrons. The molecule has 0 bridgehead atoms. The summed E-state index contributed by atoms with van der Waals surface area (Å²) in [5.74, 6) is -8.59. The summed E-state index contributed by atoms with van der Waals surface area (Å²) < 4.78 is 96.8. The molecule has 2 aromatic rings. The summed E-state index contributed by atoms with van der Waals surface area (Å²) in [4.78, 5) is 28.0. The Morgan fingerprint density at radius 3 is 2.61 bits per heavy atom. The second-order valence-electron chi connectivity index (χ2n) is 9.33. The zero-order chi connectivity index (χ0) is 27.6. The molecule has 1 saturated heterocycles. The number of amidine groups is 1. The summed E-state index contributed by atoms with van der Waals surface area (Å²) in [7, 11) is -8.05. The van der Waals surface area contributed by atoms with Crippen molar-refractivity contribution in [2.45, 2.75) is 43.3 Å². The number of fused-ring (bicyclic) bond motifs is 2. The summed E-state index contributed by atoms with van der Waals surface area (Å²) >= 11 is 0.934. The number of sulfonamides is 2. The molecule has 3 unspecified atom stereocenters. The third kappa shape index (κ3) is 4.63. The van der Waals surface area contributed by atoms with Crippen molar-refractivity contribution < 1.29 is 39.6 Å².